The number of methoxy groups -OCH3 is 1. The van der Waals surface area contributed by atoms with Crippen LogP contribution < -0.4 is 14.8 Å². The largest absolute Gasteiger partial charge is 0.531 e. The zero-order chi connectivity index (χ0) is 27.0. The van der Waals surface area contributed by atoms with Crippen LogP contribution in [-0.2, 0) is 29.9 Å². The average molecular weight is 551 g/mol. The van der Waals surface area contributed by atoms with Gasteiger partial charge in [0, 0.05) is 37.3 Å². The second-order valence-electron chi connectivity index (χ2n) is 8.01. The highest BCUT2D eigenvalue weighted by atomic mass is 32.2. The van der Waals surface area contributed by atoms with Crippen LogP contribution >= 0.6 is 8.03 Å². The van der Waals surface area contributed by atoms with Crippen LogP contribution in [-0.4, -0.2) is 56.8 Å². The summed E-state index contributed by atoms with van der Waals surface area (Å²) in [6.45, 7) is 4.23. The summed E-state index contributed by atoms with van der Waals surface area (Å²) in [5.41, 5.74) is 0.236. The van der Waals surface area contributed by atoms with E-state index >= 15 is 0 Å². The van der Waals surface area contributed by atoms with E-state index < -0.39 is 23.8 Å². The van der Waals surface area contributed by atoms with Crippen molar-refractivity contribution in [1.82, 2.24) is 9.78 Å². The first-order valence-corrected chi connectivity index (χ1v) is 14.5. The van der Waals surface area contributed by atoms with Gasteiger partial charge in [0.25, 0.3) is 12.2 Å². The van der Waals surface area contributed by atoms with Gasteiger partial charge >= 0.3 is 8.03 Å². The third-order valence-electron chi connectivity index (χ3n) is 4.78. The number of carbonyl (C=O) groups excluding carboxylic acids is 1. The lowest BCUT2D eigenvalue weighted by molar-refractivity contribution is 0.0915. The summed E-state index contributed by atoms with van der Waals surface area (Å²) >= 11 is 0. The topological polar surface area (TPSA) is 135 Å². The molecule has 0 radical (unpaired) electrons. The van der Waals surface area contributed by atoms with Crippen LogP contribution in [0, 0.1) is 0 Å². The Morgan fingerprint density at radius 3 is 2.46 bits per heavy atom. The van der Waals surface area contributed by atoms with E-state index in [1.54, 1.807) is 38.4 Å². The molecule has 2 atom stereocenters. The van der Waals surface area contributed by atoms with E-state index in [1.807, 2.05) is 6.92 Å². The van der Waals surface area contributed by atoms with E-state index in [0.29, 0.717) is 30.5 Å². The van der Waals surface area contributed by atoms with Crippen molar-refractivity contribution < 1.29 is 36.5 Å². The summed E-state index contributed by atoms with van der Waals surface area (Å²) in [7, 11) is -3.69. The minimum absolute atomic E-state index is 0.0653. The van der Waals surface area contributed by atoms with Gasteiger partial charge in [0.15, 0.2) is 15.7 Å². The zero-order valence-electron chi connectivity index (χ0n) is 20.9. The maximum absolute atomic E-state index is 13.0. The van der Waals surface area contributed by atoms with Gasteiger partial charge in [-0.1, -0.05) is 0 Å². The Morgan fingerprint density at radius 2 is 1.81 bits per heavy atom. The fourth-order valence-corrected chi connectivity index (χ4v) is 4.61. The molecule has 1 amide bonds. The number of amides is 1. The van der Waals surface area contributed by atoms with Crippen molar-refractivity contribution in [2.45, 2.75) is 31.1 Å². The SMILES string of the molecule is CCO[P+](=O)Cn1ccc(NC(=O)c2cc(Oc3ccc(S(C)(=O)=O)cc3)cc(O[C@@H](C)COC)c2)n1. The number of rotatable bonds is 13. The maximum atomic E-state index is 13.0. The number of nitrogens with one attached hydrogen (secondary N) is 1. The standard InChI is InChI=1S/C24H28N3O8PS/c1-5-33-36(29)16-27-11-10-23(26-27)25-24(28)18-12-20(34-17(2)15-32-3)14-21(13-18)35-19-6-8-22(9-7-19)37(4,30)31/h6-14,17H,5,15-16H2,1-4H3/p+1/t17-/m0/s1. The number of aromatic nitrogens is 2. The highest BCUT2D eigenvalue weighted by molar-refractivity contribution is 7.90. The number of benzene rings is 2. The van der Waals surface area contributed by atoms with Gasteiger partial charge in [-0.2, -0.15) is 5.10 Å². The first-order chi connectivity index (χ1) is 17.6. The van der Waals surface area contributed by atoms with Crippen molar-refractivity contribution >= 4 is 29.6 Å². The van der Waals surface area contributed by atoms with Crippen LogP contribution in [0.5, 0.6) is 17.2 Å². The van der Waals surface area contributed by atoms with Crippen molar-refractivity contribution in [3.8, 4) is 17.2 Å². The Balaban J connectivity index is 1.82. The van der Waals surface area contributed by atoms with Crippen LogP contribution in [0.2, 0.25) is 0 Å². The Morgan fingerprint density at radius 1 is 1.11 bits per heavy atom. The molecule has 0 spiro atoms. The Bertz CT molecular complexity index is 1340. The quantitative estimate of drug-likeness (QED) is 0.306. The number of ether oxygens (including phenoxy) is 3. The fourth-order valence-electron chi connectivity index (χ4n) is 3.22. The first-order valence-electron chi connectivity index (χ1n) is 11.3. The third-order valence-corrected chi connectivity index (χ3v) is 6.98. The molecule has 0 aliphatic carbocycles. The van der Waals surface area contributed by atoms with Gasteiger partial charge in [0.05, 0.1) is 18.1 Å². The van der Waals surface area contributed by atoms with Gasteiger partial charge in [0.2, 0.25) is 0 Å². The number of sulfone groups is 1. The number of anilines is 1. The summed E-state index contributed by atoms with van der Waals surface area (Å²) in [5, 5.41) is 6.90. The molecular weight excluding hydrogens is 521 g/mol. The molecule has 37 heavy (non-hydrogen) atoms. The highest BCUT2D eigenvalue weighted by Gasteiger charge is 2.19. The van der Waals surface area contributed by atoms with Crippen LogP contribution in [0.15, 0.2) is 59.6 Å². The molecule has 1 aromatic heterocycles. The molecule has 1 heterocycles. The average Bonchev–Trinajstić information content (AvgIpc) is 3.25. The Hall–Kier alpha value is -3.31. The molecule has 3 rings (SSSR count). The van der Waals surface area contributed by atoms with E-state index in [2.05, 4.69) is 10.4 Å². The predicted molar refractivity (Wildman–Crippen MR) is 137 cm³/mol. The monoisotopic (exact) mass is 550 g/mol. The predicted octanol–water partition coefficient (Wildman–Crippen LogP) is 4.48. The van der Waals surface area contributed by atoms with Crippen molar-refractivity contribution in [1.29, 1.82) is 0 Å². The molecule has 0 saturated carbocycles. The molecule has 0 bridgehead atoms. The van der Waals surface area contributed by atoms with E-state index in [9.17, 15) is 17.8 Å². The van der Waals surface area contributed by atoms with Gasteiger partial charge in [-0.25, -0.2) is 13.1 Å². The minimum Gasteiger partial charge on any atom is -0.488 e. The minimum atomic E-state index is -3.35. The fraction of sp³-hybridized carbons (Fsp3) is 0.333. The summed E-state index contributed by atoms with van der Waals surface area (Å²) in [6, 6.07) is 12.2. The molecule has 13 heteroatoms. The number of carbonyl (C=O) groups is 1. The van der Waals surface area contributed by atoms with Crippen molar-refractivity contribution in [2.75, 3.05) is 31.9 Å². The smallest absolute Gasteiger partial charge is 0.488 e. The van der Waals surface area contributed by atoms with Crippen molar-refractivity contribution in [3.63, 3.8) is 0 Å². The van der Waals surface area contributed by atoms with Crippen LogP contribution in [0.3, 0.4) is 0 Å². The third kappa shape index (κ3) is 8.64. The second-order valence-corrected chi connectivity index (χ2v) is 11.2. The lowest BCUT2D eigenvalue weighted by atomic mass is 10.2. The molecule has 11 nitrogen and oxygen atoms in total. The van der Waals surface area contributed by atoms with E-state index in [1.165, 1.54) is 35.0 Å². The van der Waals surface area contributed by atoms with E-state index in [-0.39, 0.29) is 28.7 Å². The molecule has 0 aliphatic heterocycles. The summed E-state index contributed by atoms with van der Waals surface area (Å²) in [5.74, 6) is 0.852. The molecule has 198 valence electrons. The molecule has 0 saturated heterocycles. The zero-order valence-corrected chi connectivity index (χ0v) is 22.6. The molecule has 1 unspecified atom stereocenters. The number of nitrogens with zero attached hydrogens (tertiary/aromatic N) is 2. The normalized spacial score (nSPS) is 12.6. The lowest BCUT2D eigenvalue weighted by Gasteiger charge is -2.16. The van der Waals surface area contributed by atoms with E-state index in [0.717, 1.165) is 6.26 Å². The summed E-state index contributed by atoms with van der Waals surface area (Å²) in [4.78, 5) is 13.2. The highest BCUT2D eigenvalue weighted by Crippen LogP contribution is 2.29. The number of hydrogen-bond donors (Lipinski definition) is 1. The van der Waals surface area contributed by atoms with Crippen LogP contribution in [0.4, 0.5) is 5.82 Å². The van der Waals surface area contributed by atoms with Gasteiger partial charge in [-0.15, -0.1) is 4.52 Å². The molecule has 1 N–H and O–H groups in total. The first kappa shape index (κ1) is 28.3. The molecule has 0 aliphatic rings. The van der Waals surface area contributed by atoms with Crippen molar-refractivity contribution in [2.24, 2.45) is 0 Å². The summed E-state index contributed by atoms with van der Waals surface area (Å²) < 4.78 is 58.6. The second kappa shape index (κ2) is 12.8. The molecular formula is C24H29N3O8PS+. The van der Waals surface area contributed by atoms with Crippen molar-refractivity contribution in [3.05, 3.63) is 60.3 Å². The summed E-state index contributed by atoms with van der Waals surface area (Å²) in [6.07, 6.45) is 2.48. The van der Waals surface area contributed by atoms with Gasteiger partial charge in [-0.3, -0.25) is 4.79 Å². The lowest BCUT2D eigenvalue weighted by Crippen LogP contribution is -2.18. The van der Waals surface area contributed by atoms with E-state index in [4.69, 9.17) is 18.7 Å². The Kier molecular flexibility index (Phi) is 9.76. The molecule has 3 aromatic rings. The number of hydrogen-bond acceptors (Lipinski definition) is 9. The van der Waals surface area contributed by atoms with Gasteiger partial charge < -0.3 is 19.5 Å². The van der Waals surface area contributed by atoms with Gasteiger partial charge in [-0.05, 0) is 54.8 Å². The Labute approximate surface area is 216 Å². The van der Waals surface area contributed by atoms with Crippen LogP contribution in [0.1, 0.15) is 24.2 Å². The van der Waals surface area contributed by atoms with Crippen LogP contribution in [0.25, 0.3) is 0 Å². The van der Waals surface area contributed by atoms with Gasteiger partial charge in [0.1, 0.15) is 23.4 Å². The molecule has 0 fully saturated rings. The maximum Gasteiger partial charge on any atom is 0.531 e. The molecule has 2 aromatic carbocycles.